The van der Waals surface area contributed by atoms with Crippen molar-refractivity contribution in [1.82, 2.24) is 5.32 Å². The van der Waals surface area contributed by atoms with Crippen molar-refractivity contribution in [2.45, 2.75) is 187 Å². The number of nitrogens with one attached hydrogen (secondary N) is 1. The summed E-state index contributed by atoms with van der Waals surface area (Å²) in [6, 6.07) is 0. The van der Waals surface area contributed by atoms with Gasteiger partial charge < -0.3 is 28.9 Å². The molecular formula is C33H66NO7PS. The zero-order valence-electron chi connectivity index (χ0n) is 28.8. The summed E-state index contributed by atoms with van der Waals surface area (Å²) in [6.45, 7) is 10.9. The molecule has 1 aliphatic rings. The fourth-order valence-corrected chi connectivity index (χ4v) is 7.63. The highest BCUT2D eigenvalue weighted by molar-refractivity contribution is 8.07. The van der Waals surface area contributed by atoms with Gasteiger partial charge in [0.1, 0.15) is 18.3 Å². The van der Waals surface area contributed by atoms with Crippen LogP contribution in [0.3, 0.4) is 0 Å². The molecular weight excluding hydrogens is 585 g/mol. The summed E-state index contributed by atoms with van der Waals surface area (Å²) >= 11 is 5.33. The zero-order chi connectivity index (χ0) is 32.4. The average molecular weight is 652 g/mol. The van der Waals surface area contributed by atoms with Gasteiger partial charge in [0.05, 0.1) is 23.9 Å². The number of unbranched alkanes of at least 4 members (excludes halogenated alkanes) is 12. The Morgan fingerprint density at radius 3 is 1.84 bits per heavy atom. The minimum atomic E-state index is -3.56. The maximum absolute atomic E-state index is 12.4. The summed E-state index contributed by atoms with van der Waals surface area (Å²) in [5.41, 5.74) is -1.03. The number of hydrogen-bond donors (Lipinski definition) is 2. The van der Waals surface area contributed by atoms with Crippen LogP contribution in [0, 0.1) is 0 Å². The van der Waals surface area contributed by atoms with Crippen LogP contribution < -0.4 is 5.32 Å². The highest BCUT2D eigenvalue weighted by Crippen LogP contribution is 2.51. The third kappa shape index (κ3) is 20.6. The Hall–Kier alpha value is -0.120. The summed E-state index contributed by atoms with van der Waals surface area (Å²) in [5, 5.41) is 3.05. The quantitative estimate of drug-likeness (QED) is 0.0794. The molecule has 2 N–H and O–H groups in total. The summed E-state index contributed by atoms with van der Waals surface area (Å²) in [4.78, 5) is 23.2. The Bertz CT molecular complexity index is 786. The third-order valence-corrected chi connectivity index (χ3v) is 9.27. The molecule has 0 aromatic heterocycles. The van der Waals surface area contributed by atoms with Crippen LogP contribution >= 0.6 is 6.72 Å². The molecule has 1 rings (SSSR count). The Labute approximate surface area is 269 Å². The second-order valence-corrected chi connectivity index (χ2v) is 16.8. The normalized spacial score (nSPS) is 22.5. The van der Waals surface area contributed by atoms with Gasteiger partial charge in [-0.05, 0) is 72.6 Å². The van der Waals surface area contributed by atoms with Crippen LogP contribution in [0.15, 0.2) is 0 Å². The minimum absolute atomic E-state index is 0.108. The van der Waals surface area contributed by atoms with Crippen LogP contribution in [0.5, 0.6) is 0 Å². The van der Waals surface area contributed by atoms with Crippen LogP contribution in [0.1, 0.15) is 151 Å². The lowest BCUT2D eigenvalue weighted by atomic mass is 10.0. The molecule has 0 spiro atoms. The molecule has 0 aromatic rings. The van der Waals surface area contributed by atoms with E-state index in [4.69, 9.17) is 35.1 Å². The molecule has 0 aromatic carbocycles. The molecule has 10 heteroatoms. The first-order valence-corrected chi connectivity index (χ1v) is 19.6. The van der Waals surface area contributed by atoms with Crippen molar-refractivity contribution in [3.8, 4) is 0 Å². The van der Waals surface area contributed by atoms with E-state index in [9.17, 15) is 9.69 Å². The topological polar surface area (TPSA) is 95.5 Å². The fourth-order valence-electron chi connectivity index (χ4n) is 5.36. The van der Waals surface area contributed by atoms with E-state index in [0.717, 1.165) is 19.3 Å². The van der Waals surface area contributed by atoms with E-state index in [1.54, 1.807) is 7.11 Å². The van der Waals surface area contributed by atoms with Gasteiger partial charge in [0.2, 0.25) is 5.91 Å². The van der Waals surface area contributed by atoms with E-state index < -0.39 is 30.6 Å². The van der Waals surface area contributed by atoms with Gasteiger partial charge in [-0.2, -0.15) is 0 Å². The number of methoxy groups -OCH3 is 1. The van der Waals surface area contributed by atoms with Crippen LogP contribution in [-0.2, 0) is 39.9 Å². The van der Waals surface area contributed by atoms with E-state index in [0.29, 0.717) is 19.4 Å². The number of hydrogen-bond acceptors (Lipinski definition) is 7. The van der Waals surface area contributed by atoms with Gasteiger partial charge in [-0.25, -0.2) is 0 Å². The highest BCUT2D eigenvalue weighted by Gasteiger charge is 2.48. The van der Waals surface area contributed by atoms with Crippen molar-refractivity contribution in [3.63, 3.8) is 0 Å². The molecule has 1 unspecified atom stereocenters. The molecule has 1 aliphatic heterocycles. The van der Waals surface area contributed by atoms with Gasteiger partial charge in [0.15, 0.2) is 0 Å². The Morgan fingerprint density at radius 2 is 1.35 bits per heavy atom. The first-order chi connectivity index (χ1) is 20.2. The summed E-state index contributed by atoms with van der Waals surface area (Å²) in [6.07, 6.45) is 17.0. The van der Waals surface area contributed by atoms with Gasteiger partial charge in [-0.1, -0.05) is 84.0 Å². The fraction of sp³-hybridized carbons (Fsp3) is 0.970. The van der Waals surface area contributed by atoms with Crippen molar-refractivity contribution < 1.29 is 32.9 Å². The molecule has 43 heavy (non-hydrogen) atoms. The number of rotatable bonds is 24. The van der Waals surface area contributed by atoms with Crippen molar-refractivity contribution in [3.05, 3.63) is 0 Å². The van der Waals surface area contributed by atoms with E-state index in [1.807, 2.05) is 41.5 Å². The molecule has 0 bridgehead atoms. The predicted molar refractivity (Wildman–Crippen MR) is 180 cm³/mol. The van der Waals surface area contributed by atoms with Gasteiger partial charge in [0, 0.05) is 20.1 Å². The molecule has 1 fully saturated rings. The van der Waals surface area contributed by atoms with Crippen LogP contribution in [0.25, 0.3) is 0 Å². The van der Waals surface area contributed by atoms with Crippen LogP contribution in [-0.4, -0.2) is 66.7 Å². The highest BCUT2D eigenvalue weighted by atomic mass is 32.5. The average Bonchev–Trinajstić information content (AvgIpc) is 3.21. The maximum atomic E-state index is 12.4. The molecule has 1 amide bonds. The summed E-state index contributed by atoms with van der Waals surface area (Å²) in [5.74, 6) is 0.108. The monoisotopic (exact) mass is 651 g/mol. The molecule has 0 aliphatic carbocycles. The lowest BCUT2D eigenvalue weighted by Gasteiger charge is -2.31. The van der Waals surface area contributed by atoms with Gasteiger partial charge in [0.25, 0.3) is 0 Å². The van der Waals surface area contributed by atoms with Crippen molar-refractivity contribution in [2.75, 3.05) is 20.3 Å². The predicted octanol–water partition coefficient (Wildman–Crippen LogP) is 8.38. The molecule has 1 heterocycles. The first kappa shape index (κ1) is 40.9. The standard InChI is InChI=1S/C33H66NO7PS/c1-9-10-11-12-13-14-15-16-17-18-19-20-21-24-29(35)34-25-22-23-27-30(37-8)31(28(39-27)26-38-32(2,3)4)40-42(36,43)41-33(5,6)7/h27-28,30-31H,9-26H2,1-8H3,(H,34,35)(H,36,43)/t27-,28+,30-,31+,42?/m0/s1. The van der Waals surface area contributed by atoms with E-state index >= 15 is 0 Å². The number of carbonyl (C=O) groups excluding carboxylic acids is 1. The van der Waals surface area contributed by atoms with Crippen molar-refractivity contribution >= 4 is 24.4 Å². The Balaban J connectivity index is 2.35. The van der Waals surface area contributed by atoms with Crippen molar-refractivity contribution in [1.29, 1.82) is 0 Å². The molecule has 8 nitrogen and oxygen atoms in total. The van der Waals surface area contributed by atoms with E-state index in [1.165, 1.54) is 70.6 Å². The zero-order valence-corrected chi connectivity index (χ0v) is 30.5. The van der Waals surface area contributed by atoms with Gasteiger partial charge in [-0.15, -0.1) is 0 Å². The number of amides is 1. The molecule has 256 valence electrons. The second-order valence-electron chi connectivity index (χ2n) is 14.1. The van der Waals surface area contributed by atoms with Crippen LogP contribution in [0.4, 0.5) is 0 Å². The smallest absolute Gasteiger partial charge is 0.325 e. The lowest BCUT2D eigenvalue weighted by Crippen LogP contribution is -2.39. The third-order valence-electron chi connectivity index (χ3n) is 7.50. The second kappa shape index (κ2) is 21.6. The SMILES string of the molecule is CCCCCCCCCCCCCCCC(=O)NCCC[C@@H]1O[C@H](COC(C)(C)C)[C@@H](OP(O)(=S)OC(C)(C)C)[C@H]1OC. The minimum Gasteiger partial charge on any atom is -0.376 e. The molecule has 5 atom stereocenters. The Morgan fingerprint density at radius 1 is 0.814 bits per heavy atom. The van der Waals surface area contributed by atoms with Gasteiger partial charge >= 0.3 is 6.72 Å². The first-order valence-electron chi connectivity index (χ1n) is 17.0. The molecule has 1 saturated heterocycles. The molecule has 0 saturated carbocycles. The number of ether oxygens (including phenoxy) is 3. The summed E-state index contributed by atoms with van der Waals surface area (Å²) < 4.78 is 29.8. The Kier molecular flexibility index (Phi) is 20.6. The largest absolute Gasteiger partial charge is 0.376 e. The maximum Gasteiger partial charge on any atom is 0.325 e. The molecule has 0 radical (unpaired) electrons. The number of carbonyl (C=O) groups is 1. The lowest BCUT2D eigenvalue weighted by molar-refractivity contribution is -0.121. The van der Waals surface area contributed by atoms with Crippen LogP contribution in [0.2, 0.25) is 0 Å². The van der Waals surface area contributed by atoms with E-state index in [2.05, 4.69) is 12.2 Å². The van der Waals surface area contributed by atoms with E-state index in [-0.39, 0.29) is 24.2 Å². The van der Waals surface area contributed by atoms with Crippen molar-refractivity contribution in [2.24, 2.45) is 0 Å². The summed E-state index contributed by atoms with van der Waals surface area (Å²) in [7, 11) is 1.60. The van der Waals surface area contributed by atoms with Gasteiger partial charge in [-0.3, -0.25) is 9.32 Å².